The van der Waals surface area contributed by atoms with Gasteiger partial charge in [0.15, 0.2) is 5.76 Å². The molecular weight excluding hydrogens is 412 g/mol. The summed E-state index contributed by atoms with van der Waals surface area (Å²) in [6.07, 6.45) is 2.54. The van der Waals surface area contributed by atoms with Gasteiger partial charge in [-0.15, -0.1) is 11.3 Å². The number of imidazole rings is 1. The largest absolute Gasteiger partial charge is 0.505 e. The fourth-order valence-electron chi connectivity index (χ4n) is 4.14. The number of hydrogen-bond donors (Lipinski definition) is 1. The highest BCUT2D eigenvalue weighted by atomic mass is 32.1. The molecule has 1 atom stereocenters. The molecule has 1 aliphatic rings. The third kappa shape index (κ3) is 3.66. The number of pyridine rings is 1. The van der Waals surface area contributed by atoms with Gasteiger partial charge in [-0.1, -0.05) is 12.1 Å². The first-order chi connectivity index (χ1) is 14.8. The lowest BCUT2D eigenvalue weighted by molar-refractivity contribution is -0.139. The molecular formula is C23H26N4O3S. The summed E-state index contributed by atoms with van der Waals surface area (Å²) in [5.41, 5.74) is 2.86. The van der Waals surface area contributed by atoms with Crippen LogP contribution in [0.15, 0.2) is 41.4 Å². The number of carbonyl (C=O) groups excluding carboxylic acids is 2. The maximum Gasteiger partial charge on any atom is 0.295 e. The first kappa shape index (κ1) is 21.3. The van der Waals surface area contributed by atoms with E-state index in [9.17, 15) is 14.7 Å². The minimum Gasteiger partial charge on any atom is -0.505 e. The number of nitrogens with zero attached hydrogens (tertiary/aromatic N) is 4. The van der Waals surface area contributed by atoms with Gasteiger partial charge >= 0.3 is 0 Å². The Morgan fingerprint density at radius 1 is 1.23 bits per heavy atom. The van der Waals surface area contributed by atoms with Crippen LogP contribution in [-0.4, -0.2) is 63.2 Å². The number of ketones is 1. The molecule has 31 heavy (non-hydrogen) atoms. The number of aliphatic hydroxyl groups is 1. The van der Waals surface area contributed by atoms with E-state index in [0.29, 0.717) is 17.9 Å². The zero-order chi connectivity index (χ0) is 22.3. The fraction of sp³-hybridized carbons (Fsp3) is 0.348. The van der Waals surface area contributed by atoms with Gasteiger partial charge < -0.3 is 14.9 Å². The summed E-state index contributed by atoms with van der Waals surface area (Å²) < 4.78 is 1.78. The topological polar surface area (TPSA) is 78.1 Å². The Bertz CT molecular complexity index is 1180. The predicted octanol–water partition coefficient (Wildman–Crippen LogP) is 3.39. The van der Waals surface area contributed by atoms with Crippen LogP contribution in [0.1, 0.15) is 34.3 Å². The molecule has 0 bridgehead atoms. The number of aromatic nitrogens is 2. The molecule has 0 unspecified atom stereocenters. The highest BCUT2D eigenvalue weighted by Crippen LogP contribution is 2.41. The zero-order valence-electron chi connectivity index (χ0n) is 18.1. The Labute approximate surface area is 185 Å². The molecule has 8 heteroatoms. The molecule has 1 fully saturated rings. The fourth-order valence-corrected chi connectivity index (χ4v) is 4.99. The van der Waals surface area contributed by atoms with Crippen LogP contribution in [0.2, 0.25) is 0 Å². The summed E-state index contributed by atoms with van der Waals surface area (Å²) in [6, 6.07) is 7.01. The van der Waals surface area contributed by atoms with Gasteiger partial charge in [-0.2, -0.15) is 0 Å². The van der Waals surface area contributed by atoms with Crippen LogP contribution in [0.5, 0.6) is 0 Å². The maximum atomic E-state index is 13.1. The summed E-state index contributed by atoms with van der Waals surface area (Å²) in [6.45, 7) is 4.98. The number of fused-ring (bicyclic) bond motifs is 1. The molecule has 3 aromatic rings. The van der Waals surface area contributed by atoms with Gasteiger partial charge in [0.05, 0.1) is 17.3 Å². The van der Waals surface area contributed by atoms with Crippen molar-refractivity contribution in [2.75, 3.05) is 27.2 Å². The van der Waals surface area contributed by atoms with E-state index in [1.807, 2.05) is 61.8 Å². The molecule has 162 valence electrons. The second-order valence-electron chi connectivity index (χ2n) is 8.10. The quantitative estimate of drug-likeness (QED) is 0.363. The van der Waals surface area contributed by atoms with Crippen LogP contribution in [-0.2, 0) is 9.59 Å². The first-order valence-corrected chi connectivity index (χ1v) is 11.1. The minimum atomic E-state index is -0.650. The number of rotatable bonds is 6. The van der Waals surface area contributed by atoms with Gasteiger partial charge in [0.25, 0.3) is 11.7 Å². The standard InChI is InChI=1S/C23H26N4O3S/c1-14-8-5-11-26-18(15(2)24-22(14)26)20(28)17-19(16-9-6-13-31-16)27(23(30)21(17)29)12-7-10-25(3)4/h5-6,8-9,11,13,19,28H,7,10,12H2,1-4H3/b20-17+/t19-/m0/s1. The number of hydrogen-bond acceptors (Lipinski definition) is 6. The molecule has 0 saturated carbocycles. The number of Topliss-reactive ketones (excluding diaryl/α,β-unsaturated/α-hetero) is 1. The van der Waals surface area contributed by atoms with E-state index in [1.165, 1.54) is 11.3 Å². The van der Waals surface area contributed by atoms with E-state index < -0.39 is 17.7 Å². The van der Waals surface area contributed by atoms with Crippen LogP contribution < -0.4 is 0 Å². The Morgan fingerprint density at radius 2 is 2.00 bits per heavy atom. The summed E-state index contributed by atoms with van der Waals surface area (Å²) in [5, 5.41) is 13.3. The van der Waals surface area contributed by atoms with Crippen molar-refractivity contribution >= 4 is 34.4 Å². The smallest absolute Gasteiger partial charge is 0.295 e. The van der Waals surface area contributed by atoms with Crippen LogP contribution in [0.4, 0.5) is 0 Å². The number of aliphatic hydroxyl groups excluding tert-OH is 1. The van der Waals surface area contributed by atoms with Crippen molar-refractivity contribution in [1.82, 2.24) is 19.2 Å². The Balaban J connectivity index is 1.86. The molecule has 4 heterocycles. The van der Waals surface area contributed by atoms with E-state index >= 15 is 0 Å². The molecule has 0 spiro atoms. The predicted molar refractivity (Wildman–Crippen MR) is 121 cm³/mol. The molecule has 3 aromatic heterocycles. The van der Waals surface area contributed by atoms with Crippen molar-refractivity contribution in [3.05, 3.63) is 63.2 Å². The summed E-state index contributed by atoms with van der Waals surface area (Å²) in [4.78, 5) is 35.2. The molecule has 1 N–H and O–H groups in total. The van der Waals surface area contributed by atoms with Crippen molar-refractivity contribution < 1.29 is 14.7 Å². The number of carbonyl (C=O) groups is 2. The van der Waals surface area contributed by atoms with Crippen LogP contribution in [0.3, 0.4) is 0 Å². The molecule has 0 radical (unpaired) electrons. The summed E-state index contributed by atoms with van der Waals surface area (Å²) in [7, 11) is 3.95. The average Bonchev–Trinajstić information content (AvgIpc) is 3.41. The van der Waals surface area contributed by atoms with Gasteiger partial charge in [-0.25, -0.2) is 4.98 Å². The maximum absolute atomic E-state index is 13.1. The summed E-state index contributed by atoms with van der Waals surface area (Å²) in [5.74, 6) is -1.40. The molecule has 0 aromatic carbocycles. The van der Waals surface area contributed by atoms with Crippen molar-refractivity contribution in [3.63, 3.8) is 0 Å². The third-order valence-electron chi connectivity index (χ3n) is 5.60. The van der Waals surface area contributed by atoms with Gasteiger partial charge in [0.2, 0.25) is 0 Å². The van der Waals surface area contributed by atoms with Crippen molar-refractivity contribution in [3.8, 4) is 0 Å². The molecule has 1 aliphatic heterocycles. The SMILES string of the molecule is Cc1nc2c(C)cccn2c1/C(O)=C1\C(=O)C(=O)N(CCCN(C)C)[C@H]1c1cccs1. The first-order valence-electron chi connectivity index (χ1n) is 10.2. The Hall–Kier alpha value is -2.97. The van der Waals surface area contributed by atoms with Crippen molar-refractivity contribution in [2.24, 2.45) is 0 Å². The third-order valence-corrected chi connectivity index (χ3v) is 6.53. The average molecular weight is 439 g/mol. The minimum absolute atomic E-state index is 0.128. The van der Waals surface area contributed by atoms with E-state index in [-0.39, 0.29) is 11.3 Å². The van der Waals surface area contributed by atoms with Gasteiger partial charge in [-0.05, 0) is 64.0 Å². The Kier molecular flexibility index (Phi) is 5.68. The van der Waals surface area contributed by atoms with Gasteiger partial charge in [0, 0.05) is 17.6 Å². The van der Waals surface area contributed by atoms with E-state index in [4.69, 9.17) is 0 Å². The number of aryl methyl sites for hydroxylation is 2. The molecule has 0 aliphatic carbocycles. The van der Waals surface area contributed by atoms with E-state index in [1.54, 1.807) is 16.2 Å². The lowest BCUT2D eigenvalue weighted by Gasteiger charge is -2.24. The van der Waals surface area contributed by atoms with Crippen LogP contribution in [0.25, 0.3) is 11.4 Å². The number of amides is 1. The summed E-state index contributed by atoms with van der Waals surface area (Å²) >= 11 is 1.47. The van der Waals surface area contributed by atoms with Gasteiger partial charge in [0.1, 0.15) is 11.3 Å². The highest BCUT2D eigenvalue weighted by Gasteiger charge is 2.46. The van der Waals surface area contributed by atoms with Gasteiger partial charge in [-0.3, -0.25) is 14.0 Å². The van der Waals surface area contributed by atoms with Crippen molar-refractivity contribution in [2.45, 2.75) is 26.3 Å². The van der Waals surface area contributed by atoms with E-state index in [2.05, 4.69) is 4.98 Å². The second kappa shape index (κ2) is 8.28. The highest BCUT2D eigenvalue weighted by molar-refractivity contribution is 7.10. The zero-order valence-corrected chi connectivity index (χ0v) is 18.9. The lowest BCUT2D eigenvalue weighted by Crippen LogP contribution is -2.32. The Morgan fingerprint density at radius 3 is 2.68 bits per heavy atom. The normalized spacial score (nSPS) is 18.6. The number of thiophene rings is 1. The van der Waals surface area contributed by atoms with Crippen molar-refractivity contribution in [1.29, 1.82) is 0 Å². The molecule has 7 nitrogen and oxygen atoms in total. The second-order valence-corrected chi connectivity index (χ2v) is 9.07. The number of likely N-dealkylation sites (tertiary alicyclic amines) is 1. The monoisotopic (exact) mass is 438 g/mol. The molecule has 4 rings (SSSR count). The molecule has 1 saturated heterocycles. The van der Waals surface area contributed by atoms with E-state index in [0.717, 1.165) is 29.1 Å². The van der Waals surface area contributed by atoms with Crippen LogP contribution in [0, 0.1) is 13.8 Å². The van der Waals surface area contributed by atoms with Crippen LogP contribution >= 0.6 is 11.3 Å². The molecule has 1 amide bonds. The lowest BCUT2D eigenvalue weighted by atomic mass is 10.0.